The maximum Gasteiger partial charge on any atom is 0.147 e. The first-order valence-electron chi connectivity index (χ1n) is 6.74. The van der Waals surface area contributed by atoms with Crippen LogP contribution in [0, 0.1) is 0 Å². The first-order chi connectivity index (χ1) is 8.42. The number of fused-ring (bicyclic) bond motifs is 1. The number of hydrogen-bond donors (Lipinski definition) is 1. The largest absolute Gasteiger partial charge is 0.315 e. The zero-order chi connectivity index (χ0) is 11.5. The molecule has 0 amide bonds. The second-order valence-electron chi connectivity index (χ2n) is 5.15. The lowest BCUT2D eigenvalue weighted by molar-refractivity contribution is 0.213. The molecule has 1 saturated carbocycles. The van der Waals surface area contributed by atoms with Crippen molar-refractivity contribution < 1.29 is 0 Å². The van der Waals surface area contributed by atoms with Gasteiger partial charge in [0.25, 0.3) is 0 Å². The topological polar surface area (TPSA) is 46.0 Å². The summed E-state index contributed by atoms with van der Waals surface area (Å²) < 4.78 is 2.16. The van der Waals surface area contributed by atoms with Gasteiger partial charge in [-0.2, -0.15) is 0 Å². The molecule has 5 nitrogen and oxygen atoms in total. The number of rotatable bonds is 6. The molecule has 1 aromatic heterocycles. The molecule has 1 N–H and O–H groups in total. The second kappa shape index (κ2) is 5.14. The number of hydrogen-bond acceptors (Lipinski definition) is 4. The molecule has 17 heavy (non-hydrogen) atoms. The average molecular weight is 235 g/mol. The Kier molecular flexibility index (Phi) is 3.38. The highest BCUT2D eigenvalue weighted by Crippen LogP contribution is 2.18. The second-order valence-corrected chi connectivity index (χ2v) is 5.15. The van der Waals surface area contributed by atoms with Gasteiger partial charge in [-0.15, -0.1) is 10.2 Å². The quantitative estimate of drug-likeness (QED) is 0.735. The molecule has 5 heteroatoms. The van der Waals surface area contributed by atoms with Crippen molar-refractivity contribution in [3.8, 4) is 0 Å². The minimum atomic E-state index is 0.850. The third-order valence-corrected chi connectivity index (χ3v) is 3.63. The fourth-order valence-corrected chi connectivity index (χ4v) is 2.36. The molecule has 0 atom stereocenters. The highest BCUT2D eigenvalue weighted by molar-refractivity contribution is 4.89. The van der Waals surface area contributed by atoms with Crippen molar-refractivity contribution >= 4 is 0 Å². The van der Waals surface area contributed by atoms with Gasteiger partial charge in [0.05, 0.1) is 6.54 Å². The predicted molar refractivity (Wildman–Crippen MR) is 65.6 cm³/mol. The van der Waals surface area contributed by atoms with Crippen LogP contribution in [0.1, 0.15) is 31.5 Å². The van der Waals surface area contributed by atoms with E-state index in [1.807, 2.05) is 6.33 Å². The van der Waals surface area contributed by atoms with Gasteiger partial charge in [-0.1, -0.05) is 0 Å². The molecule has 1 fully saturated rings. The summed E-state index contributed by atoms with van der Waals surface area (Å²) in [5.74, 6) is 1.12. The van der Waals surface area contributed by atoms with E-state index in [0.29, 0.717) is 0 Å². The van der Waals surface area contributed by atoms with Crippen molar-refractivity contribution in [2.45, 2.75) is 44.8 Å². The van der Waals surface area contributed by atoms with E-state index in [0.717, 1.165) is 31.5 Å². The molecule has 94 valence electrons. The van der Waals surface area contributed by atoms with E-state index in [1.165, 1.54) is 38.8 Å². The lowest BCUT2D eigenvalue weighted by Crippen LogP contribution is -2.34. The highest BCUT2D eigenvalue weighted by atomic mass is 15.3. The molecule has 0 aromatic carbocycles. The van der Waals surface area contributed by atoms with Gasteiger partial charge in [0.2, 0.25) is 0 Å². The van der Waals surface area contributed by atoms with Crippen LogP contribution in [-0.2, 0) is 13.1 Å². The molecule has 0 radical (unpaired) electrons. The summed E-state index contributed by atoms with van der Waals surface area (Å²) in [6.45, 7) is 5.54. The standard InChI is InChI=1S/C12H21N5/c1(5-13-11-3-4-11)2-6-16-7-8-17-10-14-15-12(17)9-16/h10-11,13H,1-9H2. The molecule has 0 unspecified atom stereocenters. The molecule has 2 aliphatic rings. The van der Waals surface area contributed by atoms with Crippen molar-refractivity contribution in [1.82, 2.24) is 25.0 Å². The normalized spacial score (nSPS) is 20.5. The van der Waals surface area contributed by atoms with E-state index >= 15 is 0 Å². The van der Waals surface area contributed by atoms with Gasteiger partial charge >= 0.3 is 0 Å². The Hall–Kier alpha value is -0.940. The molecule has 0 spiro atoms. The van der Waals surface area contributed by atoms with Crippen LogP contribution in [0.15, 0.2) is 6.33 Å². The predicted octanol–water partition coefficient (Wildman–Crippen LogP) is 0.626. The molecular weight excluding hydrogens is 214 g/mol. The van der Waals surface area contributed by atoms with Gasteiger partial charge in [-0.3, -0.25) is 4.90 Å². The van der Waals surface area contributed by atoms with Crippen molar-refractivity contribution in [3.63, 3.8) is 0 Å². The monoisotopic (exact) mass is 235 g/mol. The molecule has 3 rings (SSSR count). The number of nitrogens with one attached hydrogen (secondary N) is 1. The van der Waals surface area contributed by atoms with Gasteiger partial charge in [0.1, 0.15) is 12.2 Å². The first-order valence-corrected chi connectivity index (χ1v) is 6.74. The van der Waals surface area contributed by atoms with Crippen molar-refractivity contribution in [2.24, 2.45) is 0 Å². The molecular formula is C12H21N5. The highest BCUT2D eigenvalue weighted by Gasteiger charge is 2.20. The molecule has 0 bridgehead atoms. The first kappa shape index (κ1) is 11.2. The smallest absolute Gasteiger partial charge is 0.147 e. The minimum Gasteiger partial charge on any atom is -0.315 e. The Bertz CT molecular complexity index is 358. The Labute approximate surface area is 102 Å². The van der Waals surface area contributed by atoms with Gasteiger partial charge in [-0.25, -0.2) is 0 Å². The van der Waals surface area contributed by atoms with E-state index in [2.05, 4.69) is 25.0 Å². The number of unbranched alkanes of at least 4 members (excludes halogenated alkanes) is 1. The van der Waals surface area contributed by atoms with Gasteiger partial charge in [-0.05, 0) is 38.8 Å². The van der Waals surface area contributed by atoms with Crippen LogP contribution in [0.2, 0.25) is 0 Å². The van der Waals surface area contributed by atoms with E-state index < -0.39 is 0 Å². The maximum absolute atomic E-state index is 4.14. The van der Waals surface area contributed by atoms with Gasteiger partial charge < -0.3 is 9.88 Å². The van der Waals surface area contributed by atoms with Crippen LogP contribution in [0.25, 0.3) is 0 Å². The summed E-state index contributed by atoms with van der Waals surface area (Å²) in [7, 11) is 0. The SMILES string of the molecule is c1nnc2n1CCN(CCCCNC1CC1)C2. The lowest BCUT2D eigenvalue weighted by Gasteiger charge is -2.26. The fraction of sp³-hybridized carbons (Fsp3) is 0.833. The summed E-state index contributed by atoms with van der Waals surface area (Å²) >= 11 is 0. The van der Waals surface area contributed by atoms with Crippen LogP contribution in [0.4, 0.5) is 0 Å². The van der Waals surface area contributed by atoms with Crippen molar-refractivity contribution in [3.05, 3.63) is 12.2 Å². The zero-order valence-corrected chi connectivity index (χ0v) is 10.3. The van der Waals surface area contributed by atoms with Crippen LogP contribution in [0.5, 0.6) is 0 Å². The van der Waals surface area contributed by atoms with E-state index in [1.54, 1.807) is 0 Å². The Balaban J connectivity index is 1.33. The summed E-state index contributed by atoms with van der Waals surface area (Å²) in [6, 6.07) is 0.850. The molecule has 1 aliphatic carbocycles. The Morgan fingerprint density at radius 1 is 1.29 bits per heavy atom. The molecule has 1 aromatic rings. The van der Waals surface area contributed by atoms with Crippen LogP contribution < -0.4 is 5.32 Å². The van der Waals surface area contributed by atoms with Gasteiger partial charge in [0, 0.05) is 19.1 Å². The number of nitrogens with zero attached hydrogens (tertiary/aromatic N) is 4. The zero-order valence-electron chi connectivity index (χ0n) is 10.3. The lowest BCUT2D eigenvalue weighted by atomic mass is 10.2. The van der Waals surface area contributed by atoms with Crippen molar-refractivity contribution in [2.75, 3.05) is 19.6 Å². The molecule has 1 aliphatic heterocycles. The molecule has 0 saturated heterocycles. The fourth-order valence-electron chi connectivity index (χ4n) is 2.36. The summed E-state index contributed by atoms with van der Waals surface area (Å²) in [4.78, 5) is 2.49. The summed E-state index contributed by atoms with van der Waals surface area (Å²) in [5.41, 5.74) is 0. The third kappa shape index (κ3) is 3.04. The third-order valence-electron chi connectivity index (χ3n) is 3.63. The average Bonchev–Trinajstić information content (AvgIpc) is 3.05. The summed E-state index contributed by atoms with van der Waals surface area (Å²) in [5, 5.41) is 11.7. The molecule has 2 heterocycles. The van der Waals surface area contributed by atoms with Crippen molar-refractivity contribution in [1.29, 1.82) is 0 Å². The van der Waals surface area contributed by atoms with Crippen LogP contribution >= 0.6 is 0 Å². The summed E-state index contributed by atoms with van der Waals surface area (Å²) in [6.07, 6.45) is 7.20. The van der Waals surface area contributed by atoms with Gasteiger partial charge in [0.15, 0.2) is 0 Å². The van der Waals surface area contributed by atoms with Crippen LogP contribution in [0.3, 0.4) is 0 Å². The Morgan fingerprint density at radius 2 is 2.24 bits per heavy atom. The van der Waals surface area contributed by atoms with Crippen LogP contribution in [-0.4, -0.2) is 45.3 Å². The van der Waals surface area contributed by atoms with E-state index in [9.17, 15) is 0 Å². The Morgan fingerprint density at radius 3 is 3.12 bits per heavy atom. The maximum atomic E-state index is 4.14. The number of aromatic nitrogens is 3. The van der Waals surface area contributed by atoms with E-state index in [-0.39, 0.29) is 0 Å². The van der Waals surface area contributed by atoms with E-state index in [4.69, 9.17) is 0 Å². The minimum absolute atomic E-state index is 0.850.